The van der Waals surface area contributed by atoms with Crippen LogP contribution in [0, 0.1) is 0 Å². The van der Waals surface area contributed by atoms with Gasteiger partial charge in [-0.25, -0.2) is 19.7 Å². The highest BCUT2D eigenvalue weighted by atomic mass is 16.6. The van der Waals surface area contributed by atoms with Crippen LogP contribution in [0.25, 0.3) is 11.3 Å². The van der Waals surface area contributed by atoms with Crippen LogP contribution in [0.2, 0.25) is 0 Å². The van der Waals surface area contributed by atoms with Crippen molar-refractivity contribution >= 4 is 23.5 Å². The van der Waals surface area contributed by atoms with E-state index in [1.807, 2.05) is 63.2 Å². The molecule has 0 saturated heterocycles. The Hall–Kier alpha value is -3.72. The van der Waals surface area contributed by atoms with E-state index in [9.17, 15) is 9.90 Å². The van der Waals surface area contributed by atoms with E-state index >= 15 is 0 Å². The molecule has 0 aliphatic rings. The summed E-state index contributed by atoms with van der Waals surface area (Å²) < 4.78 is 5.19. The molecule has 3 aromatic rings. The van der Waals surface area contributed by atoms with Gasteiger partial charge < -0.3 is 25.8 Å². The van der Waals surface area contributed by atoms with Crippen LogP contribution in [-0.4, -0.2) is 44.8 Å². The molecule has 2 aromatic heterocycles. The molecule has 32 heavy (non-hydrogen) atoms. The highest BCUT2D eigenvalue weighted by Crippen LogP contribution is 2.20. The summed E-state index contributed by atoms with van der Waals surface area (Å²) in [6.45, 7) is 6.36. The number of pyridine rings is 1. The Morgan fingerprint density at radius 2 is 1.94 bits per heavy atom. The minimum atomic E-state index is -0.519. The molecule has 0 atom stereocenters. The van der Waals surface area contributed by atoms with Gasteiger partial charge in [0.15, 0.2) is 0 Å². The summed E-state index contributed by atoms with van der Waals surface area (Å²) in [5.74, 6) is 1.14. The molecule has 0 unspecified atom stereocenters. The van der Waals surface area contributed by atoms with Gasteiger partial charge in [-0.3, -0.25) is 0 Å². The number of ether oxygens (including phenoxy) is 1. The van der Waals surface area contributed by atoms with Gasteiger partial charge in [-0.15, -0.1) is 0 Å². The van der Waals surface area contributed by atoms with Gasteiger partial charge in [0.25, 0.3) is 0 Å². The van der Waals surface area contributed by atoms with Gasteiger partial charge in [0.2, 0.25) is 5.95 Å². The van der Waals surface area contributed by atoms with Crippen molar-refractivity contribution in [3.63, 3.8) is 0 Å². The topological polar surface area (TPSA) is 121 Å². The number of benzene rings is 1. The van der Waals surface area contributed by atoms with Crippen molar-refractivity contribution in [2.45, 2.75) is 33.0 Å². The number of hydrogen-bond acceptors (Lipinski definition) is 8. The van der Waals surface area contributed by atoms with Crippen LogP contribution in [0.1, 0.15) is 26.3 Å². The summed E-state index contributed by atoms with van der Waals surface area (Å²) in [7, 11) is 0. The first-order valence-corrected chi connectivity index (χ1v) is 10.3. The fourth-order valence-corrected chi connectivity index (χ4v) is 2.78. The summed E-state index contributed by atoms with van der Waals surface area (Å²) in [5.41, 5.74) is 2.66. The zero-order chi connectivity index (χ0) is 23.0. The van der Waals surface area contributed by atoms with Crippen LogP contribution in [0.15, 0.2) is 54.9 Å². The number of alkyl carbamates (subject to hydrolysis) is 1. The number of nitrogens with one attached hydrogen (secondary N) is 3. The lowest BCUT2D eigenvalue weighted by Gasteiger charge is -2.19. The van der Waals surface area contributed by atoms with Crippen molar-refractivity contribution in [3.05, 3.63) is 60.4 Å². The molecule has 0 aliphatic heterocycles. The Bertz CT molecular complexity index is 1030. The number of anilines is 3. The number of nitrogens with zero attached hydrogens (tertiary/aromatic N) is 3. The van der Waals surface area contributed by atoms with E-state index in [4.69, 9.17) is 4.74 Å². The van der Waals surface area contributed by atoms with Crippen molar-refractivity contribution in [2.24, 2.45) is 0 Å². The zero-order valence-corrected chi connectivity index (χ0v) is 18.4. The second-order valence-corrected chi connectivity index (χ2v) is 8.04. The van der Waals surface area contributed by atoms with Crippen molar-refractivity contribution in [1.82, 2.24) is 20.3 Å². The Kier molecular flexibility index (Phi) is 7.56. The number of hydrogen-bond donors (Lipinski definition) is 4. The first kappa shape index (κ1) is 23.0. The number of aliphatic hydroxyl groups is 1. The second kappa shape index (κ2) is 10.5. The Labute approximate surface area is 187 Å². The van der Waals surface area contributed by atoms with E-state index in [-0.39, 0.29) is 6.61 Å². The number of carbonyl (C=O) groups excluding carboxylic acids is 1. The normalized spacial score (nSPS) is 11.0. The lowest BCUT2D eigenvalue weighted by molar-refractivity contribution is 0.0530. The van der Waals surface area contributed by atoms with E-state index in [0.717, 1.165) is 22.5 Å². The smallest absolute Gasteiger partial charge is 0.407 e. The van der Waals surface area contributed by atoms with Crippen molar-refractivity contribution in [2.75, 3.05) is 23.7 Å². The number of aromatic nitrogens is 3. The third-order valence-electron chi connectivity index (χ3n) is 4.18. The van der Waals surface area contributed by atoms with E-state index in [1.54, 1.807) is 12.4 Å². The second-order valence-electron chi connectivity index (χ2n) is 8.04. The van der Waals surface area contributed by atoms with Crippen LogP contribution in [0.3, 0.4) is 0 Å². The van der Waals surface area contributed by atoms with E-state index < -0.39 is 11.7 Å². The summed E-state index contributed by atoms with van der Waals surface area (Å²) in [4.78, 5) is 24.8. The number of amides is 1. The molecule has 9 nitrogen and oxygen atoms in total. The first-order chi connectivity index (χ1) is 15.3. The lowest BCUT2D eigenvalue weighted by atomic mass is 10.2. The molecule has 0 fully saturated rings. The average molecular weight is 437 g/mol. The maximum Gasteiger partial charge on any atom is 0.407 e. The molecular formula is C23H28N6O3. The fourth-order valence-electron chi connectivity index (χ4n) is 2.78. The molecule has 1 aromatic carbocycles. The summed E-state index contributed by atoms with van der Waals surface area (Å²) in [6.07, 6.45) is 2.95. The van der Waals surface area contributed by atoms with Gasteiger partial charge >= 0.3 is 6.09 Å². The summed E-state index contributed by atoms with van der Waals surface area (Å²) in [6, 6.07) is 13.0. The molecule has 1 amide bonds. The lowest BCUT2D eigenvalue weighted by Crippen LogP contribution is -2.35. The molecule has 0 radical (unpaired) electrons. The maximum atomic E-state index is 11.6. The standard InChI is InChI=1S/C23H28N6O3/c1-23(2,3)32-22(31)26-12-11-24-20-8-7-17(14-27-20)19-9-10-25-21(29-19)28-18-6-4-5-16(13-18)15-30/h4-10,13-14,30H,11-12,15H2,1-3H3,(H,24,27)(H,26,31)(H,25,28,29). The van der Waals surface area contributed by atoms with E-state index in [1.165, 1.54) is 0 Å². The summed E-state index contributed by atoms with van der Waals surface area (Å²) >= 11 is 0. The van der Waals surface area contributed by atoms with Crippen molar-refractivity contribution in [3.8, 4) is 11.3 Å². The Morgan fingerprint density at radius 3 is 2.66 bits per heavy atom. The third-order valence-corrected chi connectivity index (χ3v) is 4.18. The van der Waals surface area contributed by atoms with Gasteiger partial charge in [-0.1, -0.05) is 12.1 Å². The van der Waals surface area contributed by atoms with Crippen LogP contribution in [-0.2, 0) is 11.3 Å². The van der Waals surface area contributed by atoms with Crippen LogP contribution in [0.4, 0.5) is 22.2 Å². The predicted octanol–water partition coefficient (Wildman–Crippen LogP) is 3.71. The Morgan fingerprint density at radius 1 is 1.09 bits per heavy atom. The predicted molar refractivity (Wildman–Crippen MR) is 124 cm³/mol. The molecule has 0 saturated carbocycles. The molecule has 2 heterocycles. The summed E-state index contributed by atoms with van der Waals surface area (Å²) in [5, 5.41) is 18.3. The van der Waals surface area contributed by atoms with Crippen molar-refractivity contribution in [1.29, 1.82) is 0 Å². The SMILES string of the molecule is CC(C)(C)OC(=O)NCCNc1ccc(-c2ccnc(Nc3cccc(CO)c3)n2)cn1. The van der Waals surface area contributed by atoms with Crippen molar-refractivity contribution < 1.29 is 14.6 Å². The maximum absolute atomic E-state index is 11.6. The molecule has 0 spiro atoms. The fraction of sp³-hybridized carbons (Fsp3) is 0.304. The van der Waals surface area contributed by atoms with Gasteiger partial charge in [0.05, 0.1) is 12.3 Å². The van der Waals surface area contributed by atoms with Crippen LogP contribution < -0.4 is 16.0 Å². The minimum Gasteiger partial charge on any atom is -0.444 e. The monoisotopic (exact) mass is 436 g/mol. The minimum absolute atomic E-state index is 0.0282. The van der Waals surface area contributed by atoms with E-state index in [2.05, 4.69) is 30.9 Å². The third kappa shape index (κ3) is 7.21. The number of aliphatic hydroxyl groups excluding tert-OH is 1. The van der Waals surface area contributed by atoms with Crippen LogP contribution >= 0.6 is 0 Å². The molecule has 3 rings (SSSR count). The quantitative estimate of drug-likeness (QED) is 0.394. The van der Waals surface area contributed by atoms with E-state index in [0.29, 0.717) is 24.9 Å². The van der Waals surface area contributed by atoms with Crippen LogP contribution in [0.5, 0.6) is 0 Å². The average Bonchev–Trinajstić information content (AvgIpc) is 2.76. The number of carbonyl (C=O) groups is 1. The molecule has 0 aliphatic carbocycles. The van der Waals surface area contributed by atoms with Gasteiger partial charge in [-0.2, -0.15) is 0 Å². The zero-order valence-electron chi connectivity index (χ0n) is 18.4. The Balaban J connectivity index is 1.54. The largest absolute Gasteiger partial charge is 0.444 e. The molecular weight excluding hydrogens is 408 g/mol. The van der Waals surface area contributed by atoms with Gasteiger partial charge in [0.1, 0.15) is 11.4 Å². The molecule has 168 valence electrons. The molecule has 4 N–H and O–H groups in total. The number of rotatable bonds is 8. The van der Waals surface area contributed by atoms with Gasteiger partial charge in [-0.05, 0) is 56.7 Å². The highest BCUT2D eigenvalue weighted by Gasteiger charge is 2.15. The first-order valence-electron chi connectivity index (χ1n) is 10.3. The molecule has 9 heteroatoms. The van der Waals surface area contributed by atoms with Gasteiger partial charge in [0, 0.05) is 36.7 Å². The highest BCUT2D eigenvalue weighted by molar-refractivity contribution is 5.67. The molecule has 0 bridgehead atoms.